The molecular weight excluding hydrogens is 420 g/mol. The van der Waals surface area contributed by atoms with Crippen molar-refractivity contribution < 1.29 is 18.4 Å². The molecule has 0 aliphatic carbocycles. The van der Waals surface area contributed by atoms with Crippen molar-refractivity contribution in [3.8, 4) is 5.69 Å². The second-order valence-electron chi connectivity index (χ2n) is 7.22. The van der Waals surface area contributed by atoms with E-state index in [0.29, 0.717) is 38.2 Å². The Hall–Kier alpha value is -3.89. The summed E-state index contributed by atoms with van der Waals surface area (Å²) in [4.78, 5) is 28.2. The van der Waals surface area contributed by atoms with Gasteiger partial charge in [-0.25, -0.2) is 8.78 Å². The normalized spacial score (nSPS) is 13.8. The molecule has 1 saturated heterocycles. The van der Waals surface area contributed by atoms with Gasteiger partial charge in [-0.3, -0.25) is 9.59 Å². The third-order valence-corrected chi connectivity index (χ3v) is 5.17. The van der Waals surface area contributed by atoms with Crippen molar-refractivity contribution in [3.05, 3.63) is 65.7 Å². The molecule has 1 N–H and O–H groups in total. The van der Waals surface area contributed by atoms with Crippen LogP contribution in [0.15, 0.2) is 48.5 Å². The molecule has 0 spiro atoms. The van der Waals surface area contributed by atoms with Crippen LogP contribution in [-0.2, 0) is 4.79 Å². The lowest BCUT2D eigenvalue weighted by molar-refractivity contribution is -0.131. The lowest BCUT2D eigenvalue weighted by atomic mass is 10.2. The average Bonchev–Trinajstić information content (AvgIpc) is 3.29. The number of hydrogen-bond donors (Lipinski definition) is 1. The maximum Gasteiger partial charge on any atom is 0.254 e. The predicted octanol–water partition coefficient (Wildman–Crippen LogP) is 1.41. The molecule has 1 aliphatic rings. The highest BCUT2D eigenvalue weighted by atomic mass is 19.1. The van der Waals surface area contributed by atoms with Gasteiger partial charge in [0, 0.05) is 45.2 Å². The Labute approximate surface area is 182 Å². The van der Waals surface area contributed by atoms with Crippen molar-refractivity contribution in [2.75, 3.05) is 37.6 Å². The number of piperazine rings is 1. The second-order valence-corrected chi connectivity index (χ2v) is 7.22. The fourth-order valence-corrected chi connectivity index (χ4v) is 3.48. The Morgan fingerprint density at radius 1 is 1.00 bits per heavy atom. The first-order valence-electron chi connectivity index (χ1n) is 10.1. The first-order valence-corrected chi connectivity index (χ1v) is 10.1. The molecule has 2 heterocycles. The number of amides is 2. The Kier molecular flexibility index (Phi) is 6.34. The molecule has 0 unspecified atom stereocenters. The number of nitrogens with zero attached hydrogens (tertiary/aromatic N) is 6. The van der Waals surface area contributed by atoms with Gasteiger partial charge in [-0.2, -0.15) is 4.68 Å². The van der Waals surface area contributed by atoms with Crippen LogP contribution in [0, 0.1) is 11.6 Å². The number of aromatic nitrogens is 4. The number of tetrazole rings is 1. The maximum atomic E-state index is 13.7. The van der Waals surface area contributed by atoms with Crippen molar-refractivity contribution >= 4 is 17.8 Å². The molecule has 0 atom stereocenters. The quantitative estimate of drug-likeness (QED) is 0.622. The predicted molar refractivity (Wildman–Crippen MR) is 111 cm³/mol. The van der Waals surface area contributed by atoms with Crippen LogP contribution in [-0.4, -0.2) is 69.6 Å². The largest absolute Gasteiger partial charge is 0.351 e. The van der Waals surface area contributed by atoms with Crippen molar-refractivity contribution in [1.82, 2.24) is 30.4 Å². The van der Waals surface area contributed by atoms with Gasteiger partial charge in [0.05, 0.1) is 11.3 Å². The Bertz CT molecular complexity index is 1100. The number of para-hydroxylation sites is 1. The van der Waals surface area contributed by atoms with Crippen LogP contribution in [0.1, 0.15) is 16.8 Å². The smallest absolute Gasteiger partial charge is 0.254 e. The van der Waals surface area contributed by atoms with Crippen molar-refractivity contribution in [3.63, 3.8) is 0 Å². The SMILES string of the molecule is O=C(NCCC(=O)N1CCN(c2nnnn2-c2ccccc2)CC1)c1ccc(F)cc1F. The van der Waals surface area contributed by atoms with Crippen LogP contribution in [0.2, 0.25) is 0 Å². The van der Waals surface area contributed by atoms with E-state index in [1.165, 1.54) is 0 Å². The zero-order valence-electron chi connectivity index (χ0n) is 17.1. The molecule has 11 heteroatoms. The first-order chi connectivity index (χ1) is 15.5. The standard InChI is InChI=1S/C21H21F2N7O2/c22-15-6-7-17(18(23)14-15)20(32)24-9-8-19(31)28-10-12-29(13-11-28)21-25-26-27-30(21)16-4-2-1-3-5-16/h1-7,14H,8-13H2,(H,24,32). The number of benzene rings is 2. The van der Waals surface area contributed by atoms with Crippen LogP contribution in [0.4, 0.5) is 14.7 Å². The molecule has 0 saturated carbocycles. The number of carbonyl (C=O) groups is 2. The van der Waals surface area contributed by atoms with Crippen LogP contribution >= 0.6 is 0 Å². The monoisotopic (exact) mass is 441 g/mol. The highest BCUT2D eigenvalue weighted by molar-refractivity contribution is 5.94. The summed E-state index contributed by atoms with van der Waals surface area (Å²) < 4.78 is 28.3. The topological polar surface area (TPSA) is 96.2 Å². The van der Waals surface area contributed by atoms with Crippen molar-refractivity contribution in [1.29, 1.82) is 0 Å². The molecule has 2 aromatic carbocycles. The van der Waals surface area contributed by atoms with Gasteiger partial charge in [-0.1, -0.05) is 23.3 Å². The van der Waals surface area contributed by atoms with E-state index >= 15 is 0 Å². The molecule has 9 nitrogen and oxygen atoms in total. The summed E-state index contributed by atoms with van der Waals surface area (Å²) in [6.45, 7) is 2.15. The fraction of sp³-hybridized carbons (Fsp3) is 0.286. The summed E-state index contributed by atoms with van der Waals surface area (Å²) in [5.74, 6) is -1.90. The van der Waals surface area contributed by atoms with E-state index in [1.807, 2.05) is 35.2 Å². The highest BCUT2D eigenvalue weighted by Crippen LogP contribution is 2.17. The molecule has 32 heavy (non-hydrogen) atoms. The van der Waals surface area contributed by atoms with E-state index in [2.05, 4.69) is 20.8 Å². The second kappa shape index (κ2) is 9.50. The van der Waals surface area contributed by atoms with Gasteiger partial charge in [0.25, 0.3) is 5.91 Å². The Morgan fingerprint density at radius 3 is 2.47 bits per heavy atom. The first kappa shape index (κ1) is 21.3. The minimum Gasteiger partial charge on any atom is -0.351 e. The van der Waals surface area contributed by atoms with Gasteiger partial charge in [-0.15, -0.1) is 0 Å². The molecule has 1 fully saturated rings. The zero-order valence-corrected chi connectivity index (χ0v) is 17.1. The van der Waals surface area contributed by atoms with E-state index in [-0.39, 0.29) is 24.4 Å². The third-order valence-electron chi connectivity index (χ3n) is 5.17. The summed E-state index contributed by atoms with van der Waals surface area (Å²) in [7, 11) is 0. The Balaban J connectivity index is 1.26. The minimum atomic E-state index is -0.942. The summed E-state index contributed by atoms with van der Waals surface area (Å²) in [5.41, 5.74) is 0.586. The highest BCUT2D eigenvalue weighted by Gasteiger charge is 2.25. The van der Waals surface area contributed by atoms with E-state index in [4.69, 9.17) is 0 Å². The van der Waals surface area contributed by atoms with Crippen LogP contribution in [0.25, 0.3) is 5.69 Å². The number of nitrogens with one attached hydrogen (secondary N) is 1. The summed E-state index contributed by atoms with van der Waals surface area (Å²) in [6.07, 6.45) is 0.0797. The van der Waals surface area contributed by atoms with E-state index in [0.717, 1.165) is 17.8 Å². The maximum absolute atomic E-state index is 13.7. The molecular formula is C21H21F2N7O2. The molecule has 4 rings (SSSR count). The lowest BCUT2D eigenvalue weighted by Crippen LogP contribution is -2.50. The Morgan fingerprint density at radius 2 is 1.75 bits per heavy atom. The number of rotatable bonds is 6. The van der Waals surface area contributed by atoms with Gasteiger partial charge in [-0.05, 0) is 34.7 Å². The van der Waals surface area contributed by atoms with Crippen LogP contribution < -0.4 is 10.2 Å². The van der Waals surface area contributed by atoms with Crippen molar-refractivity contribution in [2.24, 2.45) is 0 Å². The fourth-order valence-electron chi connectivity index (χ4n) is 3.48. The molecule has 2 amide bonds. The van der Waals surface area contributed by atoms with Gasteiger partial charge in [0.15, 0.2) is 0 Å². The average molecular weight is 441 g/mol. The zero-order chi connectivity index (χ0) is 22.5. The summed E-state index contributed by atoms with van der Waals surface area (Å²) in [5, 5.41) is 14.4. The molecule has 1 aliphatic heterocycles. The molecule has 3 aromatic rings. The summed E-state index contributed by atoms with van der Waals surface area (Å²) >= 11 is 0. The van der Waals surface area contributed by atoms with Crippen LogP contribution in [0.5, 0.6) is 0 Å². The molecule has 0 bridgehead atoms. The number of halogens is 2. The summed E-state index contributed by atoms with van der Waals surface area (Å²) in [6, 6.07) is 12.3. The molecule has 166 valence electrons. The van der Waals surface area contributed by atoms with Gasteiger partial charge >= 0.3 is 0 Å². The number of hydrogen-bond acceptors (Lipinski definition) is 6. The van der Waals surface area contributed by atoms with Gasteiger partial charge in [0.1, 0.15) is 11.6 Å². The van der Waals surface area contributed by atoms with Gasteiger partial charge in [0.2, 0.25) is 11.9 Å². The van der Waals surface area contributed by atoms with E-state index in [1.54, 1.807) is 9.58 Å². The van der Waals surface area contributed by atoms with Gasteiger partial charge < -0.3 is 15.1 Å². The van der Waals surface area contributed by atoms with Crippen LogP contribution in [0.3, 0.4) is 0 Å². The lowest BCUT2D eigenvalue weighted by Gasteiger charge is -2.34. The molecule has 0 radical (unpaired) electrons. The van der Waals surface area contributed by atoms with E-state index in [9.17, 15) is 18.4 Å². The molecule has 1 aromatic heterocycles. The third kappa shape index (κ3) is 4.71. The van der Waals surface area contributed by atoms with E-state index < -0.39 is 17.5 Å². The number of carbonyl (C=O) groups excluding carboxylic acids is 2. The number of anilines is 1. The van der Waals surface area contributed by atoms with Crippen molar-refractivity contribution in [2.45, 2.75) is 6.42 Å². The minimum absolute atomic E-state index is 0.0565.